The van der Waals surface area contributed by atoms with Gasteiger partial charge in [0.25, 0.3) is 0 Å². The maximum absolute atomic E-state index is 12.6. The lowest BCUT2D eigenvalue weighted by Gasteiger charge is -2.32. The van der Waals surface area contributed by atoms with E-state index in [4.69, 9.17) is 0 Å². The average Bonchev–Trinajstić information content (AvgIpc) is 2.56. The number of carboxylic acids is 1. The van der Waals surface area contributed by atoms with Crippen molar-refractivity contribution in [3.63, 3.8) is 0 Å². The van der Waals surface area contributed by atoms with E-state index in [0.29, 0.717) is 18.5 Å². The van der Waals surface area contributed by atoms with E-state index in [2.05, 4.69) is 12.2 Å². The minimum Gasteiger partial charge on any atom is -0.550 e. The molecule has 0 spiro atoms. The smallest absolute Gasteiger partial charge is 0.228 e. The zero-order valence-corrected chi connectivity index (χ0v) is 14.7. The first-order chi connectivity index (χ1) is 11.4. The molecule has 0 radical (unpaired) electrons. The molecule has 0 aliphatic heterocycles. The fourth-order valence-electron chi connectivity index (χ4n) is 3.19. The van der Waals surface area contributed by atoms with E-state index in [1.54, 1.807) is 0 Å². The molecule has 2 atom stereocenters. The molecule has 0 fully saturated rings. The molecular formula is C20H26NO3-. The summed E-state index contributed by atoms with van der Waals surface area (Å²) < 4.78 is 0. The lowest BCUT2D eigenvalue weighted by atomic mass is 9.76. The van der Waals surface area contributed by atoms with E-state index in [1.807, 2.05) is 38.1 Å². The van der Waals surface area contributed by atoms with Crippen LogP contribution in [0.5, 0.6) is 0 Å². The number of allylic oxidation sites excluding steroid dienone is 2. The zero-order chi connectivity index (χ0) is 17.7. The van der Waals surface area contributed by atoms with Gasteiger partial charge in [-0.3, -0.25) is 4.79 Å². The van der Waals surface area contributed by atoms with E-state index in [1.165, 1.54) is 5.56 Å². The second-order valence-electron chi connectivity index (χ2n) is 6.79. The number of unbranched alkanes of at least 4 members (excludes halogenated alkanes) is 1. The van der Waals surface area contributed by atoms with Gasteiger partial charge in [-0.1, -0.05) is 36.6 Å². The Morgan fingerprint density at radius 2 is 1.67 bits per heavy atom. The Kier molecular flexibility index (Phi) is 6.18. The molecule has 1 aromatic rings. The highest BCUT2D eigenvalue weighted by atomic mass is 16.4. The van der Waals surface area contributed by atoms with Gasteiger partial charge in [0.2, 0.25) is 5.91 Å². The summed E-state index contributed by atoms with van der Waals surface area (Å²) in [6.45, 7) is 6.04. The molecule has 0 unspecified atom stereocenters. The number of amides is 1. The number of rotatable bonds is 6. The number of aryl methyl sites for hydroxylation is 1. The highest BCUT2D eigenvalue weighted by molar-refractivity contribution is 5.95. The number of hydrogen-bond donors (Lipinski definition) is 1. The van der Waals surface area contributed by atoms with Gasteiger partial charge in [-0.05, 0) is 57.2 Å². The quantitative estimate of drug-likeness (QED) is 0.816. The molecule has 1 aliphatic rings. The van der Waals surface area contributed by atoms with Gasteiger partial charge in [-0.25, -0.2) is 0 Å². The van der Waals surface area contributed by atoms with Crippen LogP contribution < -0.4 is 10.4 Å². The Bertz CT molecular complexity index is 631. The number of nitrogens with one attached hydrogen (secondary N) is 1. The molecular weight excluding hydrogens is 302 g/mol. The van der Waals surface area contributed by atoms with E-state index < -0.39 is 17.8 Å². The first kappa shape index (κ1) is 18.2. The molecule has 4 heteroatoms. The highest BCUT2D eigenvalue weighted by Crippen LogP contribution is 2.34. The molecule has 1 aromatic carbocycles. The SMILES string of the molecule is CCCCc1ccc(NC(=O)[C@@H]2CC(C)=C(C)C[C@H]2C(=O)[O-])cc1. The first-order valence-corrected chi connectivity index (χ1v) is 8.68. The summed E-state index contributed by atoms with van der Waals surface area (Å²) in [5.74, 6) is -2.70. The minimum atomic E-state index is -1.14. The fraction of sp³-hybridized carbons (Fsp3) is 0.500. The van der Waals surface area contributed by atoms with Crippen LogP contribution >= 0.6 is 0 Å². The molecule has 1 aliphatic carbocycles. The average molecular weight is 328 g/mol. The molecule has 0 heterocycles. The Morgan fingerprint density at radius 3 is 2.21 bits per heavy atom. The number of carbonyl (C=O) groups excluding carboxylic acids is 2. The van der Waals surface area contributed by atoms with Crippen molar-refractivity contribution in [3.05, 3.63) is 41.0 Å². The molecule has 1 amide bonds. The van der Waals surface area contributed by atoms with Crippen LogP contribution in [-0.2, 0) is 16.0 Å². The van der Waals surface area contributed by atoms with Crippen LogP contribution in [0.25, 0.3) is 0 Å². The van der Waals surface area contributed by atoms with Gasteiger partial charge in [0.1, 0.15) is 0 Å². The second-order valence-corrected chi connectivity index (χ2v) is 6.79. The molecule has 0 saturated carbocycles. The minimum absolute atomic E-state index is 0.239. The molecule has 0 saturated heterocycles. The van der Waals surface area contributed by atoms with Crippen molar-refractivity contribution in [3.8, 4) is 0 Å². The van der Waals surface area contributed by atoms with Crippen molar-refractivity contribution < 1.29 is 14.7 Å². The largest absolute Gasteiger partial charge is 0.550 e. The van der Waals surface area contributed by atoms with Gasteiger partial charge in [0.05, 0.1) is 5.92 Å². The topological polar surface area (TPSA) is 69.2 Å². The third-order valence-corrected chi connectivity index (χ3v) is 4.95. The van der Waals surface area contributed by atoms with Gasteiger partial charge in [-0.2, -0.15) is 0 Å². The summed E-state index contributed by atoms with van der Waals surface area (Å²) >= 11 is 0. The van der Waals surface area contributed by atoms with Gasteiger partial charge in [0.15, 0.2) is 0 Å². The fourth-order valence-corrected chi connectivity index (χ4v) is 3.19. The normalized spacial score (nSPS) is 20.8. The maximum atomic E-state index is 12.6. The highest BCUT2D eigenvalue weighted by Gasteiger charge is 2.33. The van der Waals surface area contributed by atoms with Crippen LogP contribution in [0.2, 0.25) is 0 Å². The number of hydrogen-bond acceptors (Lipinski definition) is 3. The molecule has 0 bridgehead atoms. The van der Waals surface area contributed by atoms with E-state index in [0.717, 1.165) is 30.4 Å². The molecule has 24 heavy (non-hydrogen) atoms. The van der Waals surface area contributed by atoms with Crippen molar-refractivity contribution in [2.45, 2.75) is 52.9 Å². The molecule has 1 N–H and O–H groups in total. The zero-order valence-electron chi connectivity index (χ0n) is 14.7. The summed E-state index contributed by atoms with van der Waals surface area (Å²) in [5, 5.41) is 14.3. The first-order valence-electron chi connectivity index (χ1n) is 8.68. The van der Waals surface area contributed by atoms with Gasteiger partial charge < -0.3 is 15.2 Å². The summed E-state index contributed by atoms with van der Waals surface area (Å²) in [4.78, 5) is 24.0. The van der Waals surface area contributed by atoms with Crippen molar-refractivity contribution in [1.82, 2.24) is 0 Å². The van der Waals surface area contributed by atoms with Crippen LogP contribution in [0.4, 0.5) is 5.69 Å². The van der Waals surface area contributed by atoms with Crippen LogP contribution in [-0.4, -0.2) is 11.9 Å². The van der Waals surface area contributed by atoms with Crippen LogP contribution in [0, 0.1) is 11.8 Å². The summed E-state index contributed by atoms with van der Waals surface area (Å²) in [7, 11) is 0. The number of carbonyl (C=O) groups is 2. The number of carboxylic acid groups (broad SMARTS) is 1. The lowest BCUT2D eigenvalue weighted by Crippen LogP contribution is -2.42. The maximum Gasteiger partial charge on any atom is 0.228 e. The van der Waals surface area contributed by atoms with Crippen LogP contribution in [0.1, 0.15) is 52.0 Å². The van der Waals surface area contributed by atoms with E-state index in [-0.39, 0.29) is 5.91 Å². The molecule has 130 valence electrons. The Balaban J connectivity index is 2.06. The van der Waals surface area contributed by atoms with E-state index in [9.17, 15) is 14.7 Å². The Hall–Kier alpha value is -2.10. The van der Waals surface area contributed by atoms with Crippen LogP contribution in [0.3, 0.4) is 0 Å². The third-order valence-electron chi connectivity index (χ3n) is 4.95. The molecule has 2 rings (SSSR count). The Morgan fingerprint density at radius 1 is 1.08 bits per heavy atom. The third kappa shape index (κ3) is 4.47. The second kappa shape index (κ2) is 8.13. The van der Waals surface area contributed by atoms with Gasteiger partial charge in [0, 0.05) is 17.6 Å². The van der Waals surface area contributed by atoms with Crippen molar-refractivity contribution >= 4 is 17.6 Å². The van der Waals surface area contributed by atoms with Gasteiger partial charge >= 0.3 is 0 Å². The van der Waals surface area contributed by atoms with Crippen molar-refractivity contribution in [1.29, 1.82) is 0 Å². The van der Waals surface area contributed by atoms with Gasteiger partial charge in [-0.15, -0.1) is 0 Å². The standard InChI is InChI=1S/C20H27NO3/c1-4-5-6-15-7-9-16(10-8-15)21-19(22)17-11-13(2)14(3)12-18(17)20(23)24/h7-10,17-18H,4-6,11-12H2,1-3H3,(H,21,22)(H,23,24)/p-1/t17-,18-/m1/s1. The number of anilines is 1. The Labute approximate surface area is 144 Å². The lowest BCUT2D eigenvalue weighted by molar-refractivity contribution is -0.313. The van der Waals surface area contributed by atoms with Crippen molar-refractivity contribution in [2.75, 3.05) is 5.32 Å². The molecule has 0 aromatic heterocycles. The monoisotopic (exact) mass is 328 g/mol. The van der Waals surface area contributed by atoms with E-state index >= 15 is 0 Å². The predicted molar refractivity (Wildman–Crippen MR) is 93.3 cm³/mol. The number of benzene rings is 1. The predicted octanol–water partition coefficient (Wildman–Crippen LogP) is 3.08. The summed E-state index contributed by atoms with van der Waals surface area (Å²) in [6.07, 6.45) is 4.19. The van der Waals surface area contributed by atoms with Crippen molar-refractivity contribution in [2.24, 2.45) is 11.8 Å². The van der Waals surface area contributed by atoms with Crippen LogP contribution in [0.15, 0.2) is 35.4 Å². The number of aliphatic carboxylic acids is 1. The summed E-state index contributed by atoms with van der Waals surface area (Å²) in [6, 6.07) is 7.79. The summed E-state index contributed by atoms with van der Waals surface area (Å²) in [5.41, 5.74) is 4.10. The molecule has 4 nitrogen and oxygen atoms in total.